The fourth-order valence-electron chi connectivity index (χ4n) is 5.36. The average molecular weight is 580 g/mol. The van der Waals surface area contributed by atoms with Gasteiger partial charge in [-0.05, 0) is 61.0 Å². The van der Waals surface area contributed by atoms with E-state index < -0.39 is 12.0 Å². The van der Waals surface area contributed by atoms with Crippen LogP contribution in [0.4, 0.5) is 15.8 Å². The number of nitriles is 2. The Kier molecular flexibility index (Phi) is 8.59. The standard InChI is InChI=1S/C33H30FN5O4/c1-3-42-28-10-11-29(34)31(17-28)38-14-12-27(13-15-38)43-26-8-6-25(7-9-26)39-30(18-32(40)41)21(2)33(37-39)22-4-5-23(19-35)24(16-22)20-36/h4-11,16-17,27,30H,2-3,12-15,18H2,1H3,(H,40,41)/t30-/m0/s1. The Morgan fingerprint density at radius 1 is 1.05 bits per heavy atom. The third kappa shape index (κ3) is 6.29. The van der Waals surface area contributed by atoms with E-state index in [-0.39, 0.29) is 29.5 Å². The van der Waals surface area contributed by atoms with Crippen LogP contribution in [0.3, 0.4) is 0 Å². The maximum atomic E-state index is 14.5. The predicted molar refractivity (Wildman–Crippen MR) is 160 cm³/mol. The highest BCUT2D eigenvalue weighted by Gasteiger charge is 2.34. The van der Waals surface area contributed by atoms with Crippen molar-refractivity contribution < 1.29 is 23.8 Å². The van der Waals surface area contributed by atoms with Gasteiger partial charge in [-0.25, -0.2) is 4.39 Å². The molecule has 0 unspecified atom stereocenters. The highest BCUT2D eigenvalue weighted by Crippen LogP contribution is 2.34. The van der Waals surface area contributed by atoms with Crippen LogP contribution in [-0.4, -0.2) is 48.6 Å². The molecule has 2 aliphatic rings. The Morgan fingerprint density at radius 2 is 1.74 bits per heavy atom. The summed E-state index contributed by atoms with van der Waals surface area (Å²) in [5, 5.41) is 34.6. The zero-order chi connectivity index (χ0) is 30.5. The van der Waals surface area contributed by atoms with Crippen LogP contribution in [0.2, 0.25) is 0 Å². The maximum Gasteiger partial charge on any atom is 0.305 e. The number of carboxylic acids is 1. The lowest BCUT2D eigenvalue weighted by atomic mass is 9.95. The maximum absolute atomic E-state index is 14.5. The third-order valence-corrected chi connectivity index (χ3v) is 7.53. The van der Waals surface area contributed by atoms with Crippen molar-refractivity contribution in [2.24, 2.45) is 5.10 Å². The molecule has 9 nitrogen and oxygen atoms in total. The minimum Gasteiger partial charge on any atom is -0.494 e. The molecule has 1 N–H and O–H groups in total. The van der Waals surface area contributed by atoms with E-state index in [4.69, 9.17) is 14.6 Å². The van der Waals surface area contributed by atoms with Crippen molar-refractivity contribution in [2.45, 2.75) is 38.3 Å². The molecule has 0 saturated carbocycles. The normalized spacial score (nSPS) is 16.8. The van der Waals surface area contributed by atoms with Crippen LogP contribution in [0.5, 0.6) is 11.5 Å². The Balaban J connectivity index is 1.28. The average Bonchev–Trinajstić information content (AvgIpc) is 3.33. The summed E-state index contributed by atoms with van der Waals surface area (Å²) >= 11 is 0. The van der Waals surface area contributed by atoms with Crippen LogP contribution in [-0.2, 0) is 4.79 Å². The Morgan fingerprint density at radius 3 is 2.40 bits per heavy atom. The largest absolute Gasteiger partial charge is 0.494 e. The summed E-state index contributed by atoms with van der Waals surface area (Å²) in [5.74, 6) is 0.0277. The van der Waals surface area contributed by atoms with Gasteiger partial charge in [0.15, 0.2) is 0 Å². The van der Waals surface area contributed by atoms with Crippen LogP contribution in [0, 0.1) is 28.5 Å². The summed E-state index contributed by atoms with van der Waals surface area (Å²) < 4.78 is 26.3. The topological polar surface area (TPSA) is 122 Å². The molecule has 0 amide bonds. The smallest absolute Gasteiger partial charge is 0.305 e. The van der Waals surface area contributed by atoms with Crippen molar-refractivity contribution in [3.63, 3.8) is 0 Å². The summed E-state index contributed by atoms with van der Waals surface area (Å²) in [7, 11) is 0. The van der Waals surface area contributed by atoms with Gasteiger partial charge in [-0.1, -0.05) is 12.6 Å². The number of hydrogen-bond donors (Lipinski definition) is 1. The van der Waals surface area contributed by atoms with E-state index in [0.29, 0.717) is 59.4 Å². The van der Waals surface area contributed by atoms with Crippen LogP contribution in [0.1, 0.15) is 42.9 Å². The van der Waals surface area contributed by atoms with Gasteiger partial charge < -0.3 is 19.5 Å². The fraction of sp³-hybridized carbons (Fsp3) is 0.273. The van der Waals surface area contributed by atoms with E-state index in [0.717, 1.165) is 12.8 Å². The Bertz CT molecular complexity index is 1650. The molecule has 0 spiro atoms. The van der Waals surface area contributed by atoms with E-state index >= 15 is 0 Å². The number of rotatable bonds is 9. The van der Waals surface area contributed by atoms with Crippen LogP contribution in [0.25, 0.3) is 0 Å². The molecule has 2 aliphatic heterocycles. The number of anilines is 2. The van der Waals surface area contributed by atoms with Gasteiger partial charge in [0.1, 0.15) is 35.6 Å². The van der Waals surface area contributed by atoms with Crippen LogP contribution in [0.15, 0.2) is 77.9 Å². The van der Waals surface area contributed by atoms with E-state index in [1.165, 1.54) is 6.07 Å². The van der Waals surface area contributed by atoms with E-state index in [9.17, 15) is 24.8 Å². The van der Waals surface area contributed by atoms with Crippen molar-refractivity contribution in [1.82, 2.24) is 0 Å². The molecule has 1 atom stereocenters. The molecule has 0 radical (unpaired) electrons. The van der Waals surface area contributed by atoms with E-state index in [1.54, 1.807) is 35.3 Å². The fourth-order valence-corrected chi connectivity index (χ4v) is 5.36. The number of piperidine rings is 1. The monoisotopic (exact) mass is 579 g/mol. The molecule has 0 bridgehead atoms. The first-order chi connectivity index (χ1) is 20.8. The Labute approximate surface area is 249 Å². The zero-order valence-electron chi connectivity index (χ0n) is 23.7. The molecule has 43 heavy (non-hydrogen) atoms. The lowest BCUT2D eigenvalue weighted by Crippen LogP contribution is -2.38. The molecule has 5 rings (SSSR count). The number of nitrogens with zero attached hydrogens (tertiary/aromatic N) is 5. The summed E-state index contributed by atoms with van der Waals surface area (Å²) in [5.41, 5.74) is 3.19. The number of ether oxygens (including phenoxy) is 2. The van der Waals surface area contributed by atoms with Gasteiger partial charge in [-0.3, -0.25) is 9.80 Å². The van der Waals surface area contributed by atoms with E-state index in [1.807, 2.05) is 48.2 Å². The van der Waals surface area contributed by atoms with Crippen molar-refractivity contribution in [3.05, 3.63) is 95.3 Å². The molecule has 2 heterocycles. The summed E-state index contributed by atoms with van der Waals surface area (Å²) in [4.78, 5) is 13.7. The molecule has 0 aliphatic carbocycles. The van der Waals surface area contributed by atoms with Crippen LogP contribution >= 0.6 is 0 Å². The lowest BCUT2D eigenvalue weighted by Gasteiger charge is -2.34. The molecular weight excluding hydrogens is 549 g/mol. The predicted octanol–water partition coefficient (Wildman–Crippen LogP) is 5.64. The number of halogens is 1. The number of carbonyl (C=O) groups is 1. The third-order valence-electron chi connectivity index (χ3n) is 7.53. The molecule has 3 aromatic carbocycles. The number of carboxylic acid groups (broad SMARTS) is 1. The first-order valence-electron chi connectivity index (χ1n) is 14.0. The van der Waals surface area contributed by atoms with E-state index in [2.05, 4.69) is 6.58 Å². The number of hydrazone groups is 1. The van der Waals surface area contributed by atoms with Gasteiger partial charge >= 0.3 is 5.97 Å². The van der Waals surface area contributed by atoms with Crippen molar-refractivity contribution >= 4 is 23.1 Å². The summed E-state index contributed by atoms with van der Waals surface area (Å²) in [6.07, 6.45) is 1.17. The molecule has 1 fully saturated rings. The molecule has 10 heteroatoms. The zero-order valence-corrected chi connectivity index (χ0v) is 23.7. The summed E-state index contributed by atoms with van der Waals surface area (Å²) in [6.45, 7) is 7.81. The van der Waals surface area contributed by atoms with Crippen molar-refractivity contribution in [1.29, 1.82) is 10.5 Å². The minimum atomic E-state index is -0.999. The first-order valence-corrected chi connectivity index (χ1v) is 14.0. The Hall–Kier alpha value is -5.35. The van der Waals surface area contributed by atoms with Gasteiger partial charge in [0.05, 0.1) is 47.3 Å². The van der Waals surface area contributed by atoms with Gasteiger partial charge in [0.2, 0.25) is 0 Å². The van der Waals surface area contributed by atoms with Crippen molar-refractivity contribution in [2.75, 3.05) is 29.6 Å². The lowest BCUT2D eigenvalue weighted by molar-refractivity contribution is -0.137. The SMILES string of the molecule is C=C1C(c2ccc(C#N)c(C#N)c2)=NN(c2ccc(OC3CCN(c4cc(OCC)ccc4F)CC3)cc2)[C@H]1CC(=O)O. The molecule has 1 saturated heterocycles. The number of aliphatic carboxylic acids is 1. The number of benzene rings is 3. The van der Waals surface area contributed by atoms with Gasteiger partial charge in [0, 0.05) is 37.6 Å². The number of hydrogen-bond acceptors (Lipinski definition) is 8. The highest BCUT2D eigenvalue weighted by atomic mass is 19.1. The quantitative estimate of drug-likeness (QED) is 0.346. The highest BCUT2D eigenvalue weighted by molar-refractivity contribution is 6.16. The molecular formula is C33H30FN5O4. The van der Waals surface area contributed by atoms with Crippen LogP contribution < -0.4 is 19.4 Å². The second-order valence-corrected chi connectivity index (χ2v) is 10.3. The molecule has 0 aromatic heterocycles. The van der Waals surface area contributed by atoms with Crippen molar-refractivity contribution in [3.8, 4) is 23.6 Å². The van der Waals surface area contributed by atoms with Gasteiger partial charge in [-0.2, -0.15) is 15.6 Å². The second kappa shape index (κ2) is 12.7. The molecule has 218 valence electrons. The second-order valence-electron chi connectivity index (χ2n) is 10.3. The van der Waals surface area contributed by atoms with Gasteiger partial charge in [-0.15, -0.1) is 0 Å². The van der Waals surface area contributed by atoms with Gasteiger partial charge in [0.25, 0.3) is 0 Å². The first kappa shape index (κ1) is 29.2. The molecule has 3 aromatic rings. The summed E-state index contributed by atoms with van der Waals surface area (Å²) in [6, 6.07) is 20.2. The minimum absolute atomic E-state index is 0.0399.